The van der Waals surface area contributed by atoms with E-state index < -0.39 is 0 Å². The van der Waals surface area contributed by atoms with Crippen LogP contribution in [0.3, 0.4) is 0 Å². The minimum atomic E-state index is 0.529. The summed E-state index contributed by atoms with van der Waals surface area (Å²) in [5.41, 5.74) is 7.84. The molecule has 2 aromatic rings. The fourth-order valence-corrected chi connectivity index (χ4v) is 1.56. The summed E-state index contributed by atoms with van der Waals surface area (Å²) in [6, 6.07) is 7.70. The summed E-state index contributed by atoms with van der Waals surface area (Å²) in [7, 11) is 3.90. The number of hydrogen-bond acceptors (Lipinski definition) is 4. The molecule has 2 rings (SSSR count). The molecule has 0 saturated carbocycles. The van der Waals surface area contributed by atoms with Gasteiger partial charge >= 0.3 is 0 Å². The second kappa shape index (κ2) is 4.18. The molecule has 0 atom stereocenters. The van der Waals surface area contributed by atoms with Crippen molar-refractivity contribution in [2.45, 2.75) is 0 Å². The van der Waals surface area contributed by atoms with Crippen molar-refractivity contribution in [2.24, 2.45) is 0 Å². The van der Waals surface area contributed by atoms with Gasteiger partial charge in [0.1, 0.15) is 11.6 Å². The summed E-state index contributed by atoms with van der Waals surface area (Å²) in [5, 5.41) is 0. The number of anilines is 2. The number of nitrogen functional groups attached to an aromatic ring is 1. The Bertz CT molecular complexity index is 480. The van der Waals surface area contributed by atoms with Crippen LogP contribution in [0.25, 0.3) is 11.1 Å². The molecular formula is C12H14N4. The second-order valence-electron chi connectivity index (χ2n) is 3.74. The van der Waals surface area contributed by atoms with Gasteiger partial charge in [0.2, 0.25) is 0 Å². The lowest BCUT2D eigenvalue weighted by Gasteiger charge is -2.16. The molecule has 0 spiro atoms. The van der Waals surface area contributed by atoms with Crippen LogP contribution in [-0.4, -0.2) is 24.1 Å². The van der Waals surface area contributed by atoms with Gasteiger partial charge in [-0.2, -0.15) is 0 Å². The SMILES string of the molecule is CN(C)c1nc(N)ccc1-c1ccncc1. The van der Waals surface area contributed by atoms with Crippen LogP contribution >= 0.6 is 0 Å². The third kappa shape index (κ3) is 1.95. The smallest absolute Gasteiger partial charge is 0.138 e. The van der Waals surface area contributed by atoms with E-state index in [4.69, 9.17) is 5.73 Å². The maximum Gasteiger partial charge on any atom is 0.138 e. The number of aromatic nitrogens is 2. The summed E-state index contributed by atoms with van der Waals surface area (Å²) in [5.74, 6) is 1.40. The van der Waals surface area contributed by atoms with Crippen molar-refractivity contribution in [1.82, 2.24) is 9.97 Å². The van der Waals surface area contributed by atoms with Gasteiger partial charge < -0.3 is 10.6 Å². The molecule has 4 nitrogen and oxygen atoms in total. The van der Waals surface area contributed by atoms with Crippen molar-refractivity contribution in [3.05, 3.63) is 36.7 Å². The van der Waals surface area contributed by atoms with Crippen molar-refractivity contribution < 1.29 is 0 Å². The van der Waals surface area contributed by atoms with E-state index in [1.54, 1.807) is 12.4 Å². The van der Waals surface area contributed by atoms with E-state index in [0.29, 0.717) is 5.82 Å². The van der Waals surface area contributed by atoms with E-state index >= 15 is 0 Å². The Balaban J connectivity index is 2.57. The molecule has 2 aromatic heterocycles. The first-order chi connectivity index (χ1) is 7.68. The lowest BCUT2D eigenvalue weighted by Crippen LogP contribution is -2.12. The van der Waals surface area contributed by atoms with E-state index in [2.05, 4.69) is 9.97 Å². The standard InChI is InChI=1S/C12H14N4/c1-16(2)12-10(3-4-11(13)15-12)9-5-7-14-8-6-9/h3-8H,1-2H3,(H2,13,15). The number of rotatable bonds is 2. The lowest BCUT2D eigenvalue weighted by molar-refractivity contribution is 1.07. The van der Waals surface area contributed by atoms with Crippen LogP contribution in [0.2, 0.25) is 0 Å². The van der Waals surface area contributed by atoms with E-state index in [0.717, 1.165) is 16.9 Å². The molecule has 0 radical (unpaired) electrons. The average Bonchev–Trinajstić information content (AvgIpc) is 2.30. The van der Waals surface area contributed by atoms with E-state index in [1.807, 2.05) is 43.3 Å². The van der Waals surface area contributed by atoms with Crippen molar-refractivity contribution >= 4 is 11.6 Å². The third-order valence-electron chi connectivity index (χ3n) is 2.31. The minimum absolute atomic E-state index is 0.529. The summed E-state index contributed by atoms with van der Waals surface area (Å²) >= 11 is 0. The van der Waals surface area contributed by atoms with Gasteiger partial charge in [0.05, 0.1) is 0 Å². The fourth-order valence-electron chi connectivity index (χ4n) is 1.56. The number of nitrogens with zero attached hydrogens (tertiary/aromatic N) is 3. The molecule has 0 amide bonds. The largest absolute Gasteiger partial charge is 0.384 e. The predicted molar refractivity (Wildman–Crippen MR) is 66.2 cm³/mol. The zero-order chi connectivity index (χ0) is 11.5. The Labute approximate surface area is 94.8 Å². The maximum atomic E-state index is 5.69. The van der Waals surface area contributed by atoms with Gasteiger partial charge in [-0.25, -0.2) is 4.98 Å². The molecule has 4 heteroatoms. The Kier molecular flexibility index (Phi) is 2.72. The van der Waals surface area contributed by atoms with Crippen molar-refractivity contribution in [2.75, 3.05) is 24.7 Å². The number of pyridine rings is 2. The van der Waals surface area contributed by atoms with Gasteiger partial charge in [0.25, 0.3) is 0 Å². The van der Waals surface area contributed by atoms with Crippen LogP contribution in [0, 0.1) is 0 Å². The Morgan fingerprint density at radius 2 is 1.75 bits per heavy atom. The van der Waals surface area contributed by atoms with Crippen LogP contribution in [0.1, 0.15) is 0 Å². The predicted octanol–water partition coefficient (Wildman–Crippen LogP) is 1.79. The van der Waals surface area contributed by atoms with Crippen molar-refractivity contribution in [1.29, 1.82) is 0 Å². The molecule has 2 heterocycles. The summed E-state index contributed by atoms with van der Waals surface area (Å²) in [6.45, 7) is 0. The van der Waals surface area contributed by atoms with E-state index in [9.17, 15) is 0 Å². The quantitative estimate of drug-likeness (QED) is 0.828. The summed E-state index contributed by atoms with van der Waals surface area (Å²) in [6.07, 6.45) is 3.54. The second-order valence-corrected chi connectivity index (χ2v) is 3.74. The van der Waals surface area contributed by atoms with Crippen LogP contribution in [-0.2, 0) is 0 Å². The molecule has 82 valence electrons. The van der Waals surface area contributed by atoms with Crippen molar-refractivity contribution in [3.8, 4) is 11.1 Å². The van der Waals surface area contributed by atoms with Gasteiger partial charge in [-0.3, -0.25) is 4.98 Å². The molecule has 0 aliphatic heterocycles. The number of hydrogen-bond donors (Lipinski definition) is 1. The molecule has 0 aliphatic rings. The van der Waals surface area contributed by atoms with E-state index in [-0.39, 0.29) is 0 Å². The minimum Gasteiger partial charge on any atom is -0.384 e. The molecule has 0 aliphatic carbocycles. The van der Waals surface area contributed by atoms with E-state index in [1.165, 1.54) is 0 Å². The first-order valence-electron chi connectivity index (χ1n) is 5.03. The van der Waals surface area contributed by atoms with Gasteiger partial charge in [-0.15, -0.1) is 0 Å². The van der Waals surface area contributed by atoms with Crippen molar-refractivity contribution in [3.63, 3.8) is 0 Å². The van der Waals surface area contributed by atoms with Gasteiger partial charge in [-0.1, -0.05) is 0 Å². The molecular weight excluding hydrogens is 200 g/mol. The van der Waals surface area contributed by atoms with Crippen LogP contribution in [0.5, 0.6) is 0 Å². The van der Waals surface area contributed by atoms with Crippen LogP contribution in [0.15, 0.2) is 36.7 Å². The maximum absolute atomic E-state index is 5.69. The fraction of sp³-hybridized carbons (Fsp3) is 0.167. The molecule has 0 fully saturated rings. The molecule has 0 bridgehead atoms. The number of nitrogens with two attached hydrogens (primary N) is 1. The molecule has 2 N–H and O–H groups in total. The van der Waals surface area contributed by atoms with Gasteiger partial charge in [0.15, 0.2) is 0 Å². The third-order valence-corrected chi connectivity index (χ3v) is 2.31. The molecule has 0 aromatic carbocycles. The van der Waals surface area contributed by atoms with Crippen LogP contribution < -0.4 is 10.6 Å². The monoisotopic (exact) mass is 214 g/mol. The highest BCUT2D eigenvalue weighted by molar-refractivity contribution is 5.76. The summed E-state index contributed by atoms with van der Waals surface area (Å²) < 4.78 is 0. The average molecular weight is 214 g/mol. The Hall–Kier alpha value is -2.10. The van der Waals surface area contributed by atoms with Gasteiger partial charge in [0, 0.05) is 32.1 Å². The van der Waals surface area contributed by atoms with Crippen LogP contribution in [0.4, 0.5) is 11.6 Å². The molecule has 16 heavy (non-hydrogen) atoms. The summed E-state index contributed by atoms with van der Waals surface area (Å²) in [4.78, 5) is 10.3. The van der Waals surface area contributed by atoms with Gasteiger partial charge in [-0.05, 0) is 29.8 Å². The molecule has 0 unspecified atom stereocenters. The highest BCUT2D eigenvalue weighted by Gasteiger charge is 2.08. The first kappa shape index (κ1) is 10.4. The zero-order valence-electron chi connectivity index (χ0n) is 9.38. The lowest BCUT2D eigenvalue weighted by atomic mass is 10.1. The topological polar surface area (TPSA) is 55.0 Å². The normalized spacial score (nSPS) is 10.1. The zero-order valence-corrected chi connectivity index (χ0v) is 9.38. The first-order valence-corrected chi connectivity index (χ1v) is 5.03. The highest BCUT2D eigenvalue weighted by Crippen LogP contribution is 2.28. The molecule has 0 saturated heterocycles. The Morgan fingerprint density at radius 1 is 1.06 bits per heavy atom. The highest BCUT2D eigenvalue weighted by atomic mass is 15.1. The Morgan fingerprint density at radius 3 is 2.38 bits per heavy atom.